The van der Waals surface area contributed by atoms with Gasteiger partial charge >= 0.3 is 0 Å². The number of benzene rings is 1. The molecule has 0 spiro atoms. The molecule has 0 N–H and O–H groups in total. The first-order valence-corrected chi connectivity index (χ1v) is 8.04. The number of hydrogen-bond acceptors (Lipinski definition) is 4. The maximum Gasteiger partial charge on any atom is 0.269 e. The van der Waals surface area contributed by atoms with Gasteiger partial charge in [-0.05, 0) is 31.7 Å². The third kappa shape index (κ3) is 4.66. The van der Waals surface area contributed by atoms with Crippen molar-refractivity contribution in [3.05, 3.63) is 64.0 Å². The van der Waals surface area contributed by atoms with Crippen LogP contribution in [0.5, 0.6) is 0 Å². The monoisotopic (exact) mass is 316 g/mol. The van der Waals surface area contributed by atoms with Crippen LogP contribution in [0.4, 0.5) is 5.69 Å². The van der Waals surface area contributed by atoms with Crippen LogP contribution in [-0.2, 0) is 4.74 Å². The van der Waals surface area contributed by atoms with Gasteiger partial charge in [0, 0.05) is 50.2 Å². The number of ether oxygens (including phenoxy) is 1. The van der Waals surface area contributed by atoms with Gasteiger partial charge in [0.05, 0.1) is 4.92 Å². The molecule has 1 atom stereocenters. The fourth-order valence-corrected chi connectivity index (χ4v) is 2.76. The molecule has 1 unspecified atom stereocenters. The lowest BCUT2D eigenvalue weighted by Crippen LogP contribution is -2.20. The van der Waals surface area contributed by atoms with Gasteiger partial charge in [-0.15, -0.1) is 0 Å². The van der Waals surface area contributed by atoms with Crippen LogP contribution in [0.25, 0.3) is 0 Å². The molecule has 0 aromatic heterocycles. The molecule has 1 aromatic carbocycles. The zero-order valence-corrected chi connectivity index (χ0v) is 13.8. The Morgan fingerprint density at radius 2 is 2.00 bits per heavy atom. The number of allylic oxidation sites excluding steroid dienone is 3. The molecule has 1 heterocycles. The van der Waals surface area contributed by atoms with Crippen LogP contribution in [0.2, 0.25) is 0 Å². The predicted octanol–water partition coefficient (Wildman–Crippen LogP) is 4.23. The van der Waals surface area contributed by atoms with E-state index in [4.69, 9.17) is 4.74 Å². The van der Waals surface area contributed by atoms with E-state index in [-0.39, 0.29) is 16.5 Å². The Morgan fingerprint density at radius 1 is 1.26 bits per heavy atom. The highest BCUT2D eigenvalue weighted by molar-refractivity contribution is 5.39. The second kappa shape index (κ2) is 8.48. The molecule has 2 rings (SSSR count). The van der Waals surface area contributed by atoms with Crippen molar-refractivity contribution >= 4 is 5.69 Å². The molecule has 5 nitrogen and oxygen atoms in total. The zero-order valence-electron chi connectivity index (χ0n) is 13.8. The Morgan fingerprint density at radius 3 is 2.61 bits per heavy atom. The highest BCUT2D eigenvalue weighted by atomic mass is 16.6. The van der Waals surface area contributed by atoms with Crippen molar-refractivity contribution in [3.63, 3.8) is 0 Å². The van der Waals surface area contributed by atoms with E-state index in [1.54, 1.807) is 19.2 Å². The van der Waals surface area contributed by atoms with Gasteiger partial charge in [-0.1, -0.05) is 24.3 Å². The summed E-state index contributed by atoms with van der Waals surface area (Å²) >= 11 is 0. The molecule has 0 saturated carbocycles. The van der Waals surface area contributed by atoms with Crippen molar-refractivity contribution in [2.75, 3.05) is 20.3 Å². The molecule has 1 aromatic rings. The number of non-ortho nitro benzene ring substituents is 1. The van der Waals surface area contributed by atoms with E-state index in [0.29, 0.717) is 0 Å². The zero-order chi connectivity index (χ0) is 16.7. The second-order valence-corrected chi connectivity index (χ2v) is 5.61. The summed E-state index contributed by atoms with van der Waals surface area (Å²) < 4.78 is 5.10. The normalized spacial score (nSPS) is 17.2. The van der Waals surface area contributed by atoms with Crippen molar-refractivity contribution in [2.24, 2.45) is 0 Å². The Balaban J connectivity index is 2.09. The summed E-state index contributed by atoms with van der Waals surface area (Å²) in [5.74, 6) is 0.177. The number of nitro groups is 1. The smallest absolute Gasteiger partial charge is 0.269 e. The SMILES string of the molecule is CCN1C=CC(c2ccc([N+](=O)[O-])cc2)C=C1CCCCOC. The van der Waals surface area contributed by atoms with Crippen molar-refractivity contribution in [3.8, 4) is 0 Å². The molecule has 23 heavy (non-hydrogen) atoms. The van der Waals surface area contributed by atoms with Gasteiger partial charge in [0.15, 0.2) is 0 Å². The number of nitrogens with zero attached hydrogens (tertiary/aromatic N) is 2. The van der Waals surface area contributed by atoms with Gasteiger partial charge in [0.25, 0.3) is 5.69 Å². The van der Waals surface area contributed by atoms with Gasteiger partial charge in [-0.3, -0.25) is 10.1 Å². The average molecular weight is 316 g/mol. The Kier molecular flexibility index (Phi) is 6.35. The summed E-state index contributed by atoms with van der Waals surface area (Å²) in [7, 11) is 1.73. The van der Waals surface area contributed by atoms with Crippen LogP contribution < -0.4 is 0 Å². The molecule has 0 fully saturated rings. The number of rotatable bonds is 8. The molecular formula is C18H24N2O3. The first-order chi connectivity index (χ1) is 11.2. The molecule has 0 amide bonds. The summed E-state index contributed by atoms with van der Waals surface area (Å²) in [6.45, 7) is 3.88. The molecule has 124 valence electrons. The van der Waals surface area contributed by atoms with E-state index in [2.05, 4.69) is 30.2 Å². The number of hydrogen-bond donors (Lipinski definition) is 0. The third-order valence-electron chi connectivity index (χ3n) is 4.08. The largest absolute Gasteiger partial charge is 0.385 e. The molecular weight excluding hydrogens is 292 g/mol. The molecule has 1 aliphatic rings. The molecule has 0 aliphatic carbocycles. The molecule has 1 aliphatic heterocycles. The first kappa shape index (κ1) is 17.2. The molecule has 0 bridgehead atoms. The third-order valence-corrected chi connectivity index (χ3v) is 4.08. The first-order valence-electron chi connectivity index (χ1n) is 8.04. The van der Waals surface area contributed by atoms with E-state index in [1.807, 2.05) is 12.1 Å². The molecule has 5 heteroatoms. The van der Waals surface area contributed by atoms with Crippen LogP contribution in [0.15, 0.2) is 48.3 Å². The van der Waals surface area contributed by atoms with Gasteiger partial charge < -0.3 is 9.64 Å². The Labute approximate surface area is 137 Å². The quantitative estimate of drug-likeness (QED) is 0.409. The predicted molar refractivity (Wildman–Crippen MR) is 91.2 cm³/mol. The van der Waals surface area contributed by atoms with Crippen molar-refractivity contribution < 1.29 is 9.66 Å². The lowest BCUT2D eigenvalue weighted by atomic mass is 9.94. The second-order valence-electron chi connectivity index (χ2n) is 5.61. The lowest BCUT2D eigenvalue weighted by Gasteiger charge is -2.28. The minimum absolute atomic E-state index is 0.132. The van der Waals surface area contributed by atoms with Gasteiger partial charge in [-0.25, -0.2) is 0 Å². The Bertz CT molecular complexity index is 578. The van der Waals surface area contributed by atoms with Crippen LogP contribution in [0, 0.1) is 10.1 Å². The van der Waals surface area contributed by atoms with E-state index in [0.717, 1.165) is 38.0 Å². The maximum atomic E-state index is 10.8. The van der Waals surface area contributed by atoms with Crippen molar-refractivity contribution in [1.82, 2.24) is 4.90 Å². The van der Waals surface area contributed by atoms with Crippen molar-refractivity contribution in [2.45, 2.75) is 32.1 Å². The topological polar surface area (TPSA) is 55.6 Å². The minimum Gasteiger partial charge on any atom is -0.385 e. The van der Waals surface area contributed by atoms with Crippen LogP contribution in [-0.4, -0.2) is 30.1 Å². The molecule has 0 saturated heterocycles. The Hall–Kier alpha value is -2.14. The van der Waals surface area contributed by atoms with Crippen LogP contribution in [0.1, 0.15) is 37.7 Å². The summed E-state index contributed by atoms with van der Waals surface area (Å²) in [4.78, 5) is 12.7. The fourth-order valence-electron chi connectivity index (χ4n) is 2.76. The summed E-state index contributed by atoms with van der Waals surface area (Å²) in [5.41, 5.74) is 2.53. The van der Waals surface area contributed by atoms with E-state index in [9.17, 15) is 10.1 Å². The van der Waals surface area contributed by atoms with Gasteiger partial charge in [0.1, 0.15) is 0 Å². The van der Waals surface area contributed by atoms with E-state index < -0.39 is 0 Å². The van der Waals surface area contributed by atoms with Crippen LogP contribution in [0.3, 0.4) is 0 Å². The number of nitro benzene ring substituents is 1. The number of methoxy groups -OCH3 is 1. The highest BCUT2D eigenvalue weighted by Gasteiger charge is 2.16. The average Bonchev–Trinajstić information content (AvgIpc) is 2.58. The van der Waals surface area contributed by atoms with Gasteiger partial charge in [-0.2, -0.15) is 0 Å². The van der Waals surface area contributed by atoms with Gasteiger partial charge in [0.2, 0.25) is 0 Å². The highest BCUT2D eigenvalue weighted by Crippen LogP contribution is 2.29. The lowest BCUT2D eigenvalue weighted by molar-refractivity contribution is -0.384. The summed E-state index contributed by atoms with van der Waals surface area (Å²) in [5, 5.41) is 10.8. The van der Waals surface area contributed by atoms with E-state index in [1.165, 1.54) is 5.70 Å². The fraction of sp³-hybridized carbons (Fsp3) is 0.444. The standard InChI is InChI=1S/C18H24N2O3/c1-3-19-12-11-16(14-18(19)6-4-5-13-23-2)15-7-9-17(10-8-15)20(21)22/h7-12,14,16H,3-6,13H2,1-2H3. The minimum atomic E-state index is -0.365. The summed E-state index contributed by atoms with van der Waals surface area (Å²) in [6.07, 6.45) is 9.69. The summed E-state index contributed by atoms with van der Waals surface area (Å²) in [6, 6.07) is 6.82. The maximum absolute atomic E-state index is 10.8. The van der Waals surface area contributed by atoms with Crippen molar-refractivity contribution in [1.29, 1.82) is 0 Å². The number of unbranched alkanes of at least 4 members (excludes halogenated alkanes) is 1. The van der Waals surface area contributed by atoms with Crippen LogP contribution >= 0.6 is 0 Å². The van der Waals surface area contributed by atoms with E-state index >= 15 is 0 Å². The molecule has 0 radical (unpaired) electrons.